The van der Waals surface area contributed by atoms with E-state index in [1.807, 2.05) is 12.1 Å². The Hall–Kier alpha value is -1.56. The first-order valence-corrected chi connectivity index (χ1v) is 8.35. The molecule has 3 N–H and O–H groups in total. The molecule has 2 heterocycles. The van der Waals surface area contributed by atoms with E-state index in [0.717, 1.165) is 37.6 Å². The van der Waals surface area contributed by atoms with E-state index in [2.05, 4.69) is 17.0 Å². The van der Waals surface area contributed by atoms with Crippen molar-refractivity contribution in [2.45, 2.75) is 37.0 Å². The van der Waals surface area contributed by atoms with Gasteiger partial charge >= 0.3 is 0 Å². The van der Waals surface area contributed by atoms with Gasteiger partial charge in [0.05, 0.1) is 18.6 Å². The largest absolute Gasteiger partial charge is 0.493 e. The predicted octanol–water partition coefficient (Wildman–Crippen LogP) is 1.18. The van der Waals surface area contributed by atoms with Crippen molar-refractivity contribution in [1.29, 1.82) is 0 Å². The summed E-state index contributed by atoms with van der Waals surface area (Å²) in [6.07, 6.45) is 5.25. The Kier molecular flexibility index (Phi) is 3.59. The number of benzene rings is 1. The van der Waals surface area contributed by atoms with E-state index in [9.17, 15) is 5.11 Å². The van der Waals surface area contributed by atoms with Crippen molar-refractivity contribution in [3.63, 3.8) is 0 Å². The summed E-state index contributed by atoms with van der Waals surface area (Å²) in [5.74, 6) is 1.65. The highest BCUT2D eigenvalue weighted by Gasteiger charge is 2.52. The lowest BCUT2D eigenvalue weighted by atomic mass is 9.69. The zero-order valence-corrected chi connectivity index (χ0v) is 13.5. The number of hydrogen-bond donors (Lipinski definition) is 2. The topological polar surface area (TPSA) is 68.0 Å². The highest BCUT2D eigenvalue weighted by atomic mass is 16.5. The molecule has 124 valence electrons. The summed E-state index contributed by atoms with van der Waals surface area (Å²) < 4.78 is 11.8. The van der Waals surface area contributed by atoms with E-state index >= 15 is 0 Å². The van der Waals surface area contributed by atoms with Crippen LogP contribution in [0.25, 0.3) is 0 Å². The van der Waals surface area contributed by atoms with Crippen molar-refractivity contribution in [2.24, 2.45) is 5.73 Å². The highest BCUT2D eigenvalue weighted by Crippen LogP contribution is 2.55. The van der Waals surface area contributed by atoms with E-state index in [4.69, 9.17) is 15.2 Å². The van der Waals surface area contributed by atoms with Crippen LogP contribution in [0, 0.1) is 0 Å². The Balaban J connectivity index is 1.87. The fraction of sp³-hybridized carbons (Fsp3) is 0.556. The van der Waals surface area contributed by atoms with Gasteiger partial charge in [-0.3, -0.25) is 4.90 Å². The molecular formula is C18H24N2O3. The van der Waals surface area contributed by atoms with Crippen LogP contribution >= 0.6 is 0 Å². The van der Waals surface area contributed by atoms with Crippen LogP contribution in [-0.2, 0) is 12.0 Å². The van der Waals surface area contributed by atoms with E-state index in [0.29, 0.717) is 13.0 Å². The normalized spacial score (nSPS) is 32.0. The highest BCUT2D eigenvalue weighted by molar-refractivity contribution is 5.60. The molecule has 4 rings (SSSR count). The van der Waals surface area contributed by atoms with E-state index in [1.165, 1.54) is 11.1 Å². The van der Waals surface area contributed by atoms with Gasteiger partial charge in [-0.1, -0.05) is 18.2 Å². The maximum absolute atomic E-state index is 10.0. The summed E-state index contributed by atoms with van der Waals surface area (Å²) in [4.78, 5) is 2.41. The number of nitrogens with zero attached hydrogens (tertiary/aromatic N) is 1. The summed E-state index contributed by atoms with van der Waals surface area (Å²) >= 11 is 0. The third kappa shape index (κ3) is 2.18. The quantitative estimate of drug-likeness (QED) is 0.820. The van der Waals surface area contributed by atoms with Gasteiger partial charge in [-0.25, -0.2) is 0 Å². The lowest BCUT2D eigenvalue weighted by Crippen LogP contribution is -2.43. The number of hydrogen-bond acceptors (Lipinski definition) is 5. The van der Waals surface area contributed by atoms with Crippen molar-refractivity contribution in [2.75, 3.05) is 26.7 Å². The first-order chi connectivity index (χ1) is 11.2. The molecule has 3 atom stereocenters. The van der Waals surface area contributed by atoms with Crippen molar-refractivity contribution in [3.05, 3.63) is 35.4 Å². The molecule has 3 aliphatic rings. The number of nitrogens with two attached hydrogens (primary N) is 1. The van der Waals surface area contributed by atoms with Gasteiger partial charge in [0.25, 0.3) is 0 Å². The molecule has 5 heteroatoms. The van der Waals surface area contributed by atoms with Crippen LogP contribution in [0.3, 0.4) is 0 Å². The smallest absolute Gasteiger partial charge is 0.166 e. The second kappa shape index (κ2) is 5.51. The molecule has 23 heavy (non-hydrogen) atoms. The number of rotatable bonds is 3. The van der Waals surface area contributed by atoms with Crippen LogP contribution < -0.4 is 15.2 Å². The average molecular weight is 316 g/mol. The van der Waals surface area contributed by atoms with Crippen LogP contribution in [0.15, 0.2) is 24.3 Å². The molecule has 2 aliphatic heterocycles. The molecule has 0 radical (unpaired) electrons. The molecule has 0 saturated heterocycles. The molecule has 5 nitrogen and oxygen atoms in total. The average Bonchev–Trinajstić information content (AvgIpc) is 2.79. The monoisotopic (exact) mass is 316 g/mol. The minimum atomic E-state index is -0.433. The molecule has 1 aliphatic carbocycles. The minimum absolute atomic E-state index is 0.0228. The van der Waals surface area contributed by atoms with Gasteiger partial charge in [0.1, 0.15) is 6.10 Å². The SMILES string of the molecule is COc1ccc2c3c1O[C@H]1C[C@@H](O)C=C[C@@]31CCN(CCN)C2. The van der Waals surface area contributed by atoms with E-state index < -0.39 is 6.10 Å². The molecule has 0 aromatic heterocycles. The molecule has 1 aromatic rings. The van der Waals surface area contributed by atoms with Crippen molar-refractivity contribution >= 4 is 0 Å². The summed E-state index contributed by atoms with van der Waals surface area (Å²) in [7, 11) is 1.68. The van der Waals surface area contributed by atoms with Gasteiger partial charge in [-0.05, 0) is 24.6 Å². The van der Waals surface area contributed by atoms with Crippen LogP contribution in [0.4, 0.5) is 0 Å². The zero-order chi connectivity index (χ0) is 16.0. The third-order valence-corrected chi connectivity index (χ3v) is 5.48. The van der Waals surface area contributed by atoms with Gasteiger partial charge in [-0.2, -0.15) is 0 Å². The minimum Gasteiger partial charge on any atom is -0.493 e. The first kappa shape index (κ1) is 15.0. The predicted molar refractivity (Wildman–Crippen MR) is 87.8 cm³/mol. The molecule has 0 amide bonds. The summed E-state index contributed by atoms with van der Waals surface area (Å²) in [6, 6.07) is 4.14. The lowest BCUT2D eigenvalue weighted by molar-refractivity contribution is 0.0812. The van der Waals surface area contributed by atoms with Crippen LogP contribution in [0.1, 0.15) is 24.0 Å². The maximum atomic E-state index is 10.0. The molecular weight excluding hydrogens is 292 g/mol. The number of methoxy groups -OCH3 is 1. The van der Waals surface area contributed by atoms with Crippen molar-refractivity contribution in [3.8, 4) is 11.5 Å². The molecule has 0 unspecified atom stereocenters. The second-order valence-electron chi connectivity index (χ2n) is 6.75. The second-order valence-corrected chi connectivity index (χ2v) is 6.75. The molecule has 0 bridgehead atoms. The lowest BCUT2D eigenvalue weighted by Gasteiger charge is -2.35. The number of aliphatic hydroxyl groups is 1. The molecule has 1 spiro atoms. The maximum Gasteiger partial charge on any atom is 0.166 e. The van der Waals surface area contributed by atoms with Crippen molar-refractivity contribution < 1.29 is 14.6 Å². The summed E-state index contributed by atoms with van der Waals surface area (Å²) in [5.41, 5.74) is 8.16. The van der Waals surface area contributed by atoms with Crippen LogP contribution in [0.5, 0.6) is 11.5 Å². The molecule has 0 saturated carbocycles. The molecule has 1 aromatic carbocycles. The van der Waals surface area contributed by atoms with Crippen LogP contribution in [0.2, 0.25) is 0 Å². The standard InChI is InChI=1S/C18H24N2O3/c1-22-14-3-2-12-11-20(9-7-19)8-6-18-5-4-13(21)10-15(18)23-17(14)16(12)18/h2-5,13,15,21H,6-11,19H2,1H3/t13-,15-,18-/m0/s1. The number of aliphatic hydroxyl groups excluding tert-OH is 1. The van der Waals surface area contributed by atoms with Gasteiger partial charge < -0.3 is 20.3 Å². The van der Waals surface area contributed by atoms with Crippen LogP contribution in [-0.4, -0.2) is 49.0 Å². The fourth-order valence-corrected chi connectivity index (χ4v) is 4.37. The first-order valence-electron chi connectivity index (χ1n) is 8.35. The van der Waals surface area contributed by atoms with E-state index in [1.54, 1.807) is 7.11 Å². The van der Waals surface area contributed by atoms with Gasteiger partial charge in [-0.15, -0.1) is 0 Å². The fourth-order valence-electron chi connectivity index (χ4n) is 4.37. The molecule has 0 fully saturated rings. The summed E-state index contributed by atoms with van der Waals surface area (Å²) in [6.45, 7) is 3.43. The zero-order valence-electron chi connectivity index (χ0n) is 13.5. The van der Waals surface area contributed by atoms with Gasteiger partial charge in [0, 0.05) is 31.6 Å². The van der Waals surface area contributed by atoms with Gasteiger partial charge in [0.15, 0.2) is 11.5 Å². The Bertz CT molecular complexity index is 645. The number of ether oxygens (including phenoxy) is 2. The van der Waals surface area contributed by atoms with Gasteiger partial charge in [0.2, 0.25) is 0 Å². The Morgan fingerprint density at radius 3 is 3.13 bits per heavy atom. The van der Waals surface area contributed by atoms with Crippen molar-refractivity contribution in [1.82, 2.24) is 4.90 Å². The third-order valence-electron chi connectivity index (χ3n) is 5.48. The summed E-state index contributed by atoms with van der Waals surface area (Å²) in [5, 5.41) is 10.0. The Labute approximate surface area is 136 Å². The Morgan fingerprint density at radius 1 is 1.48 bits per heavy atom. The van der Waals surface area contributed by atoms with E-state index in [-0.39, 0.29) is 11.5 Å². The Morgan fingerprint density at radius 2 is 2.35 bits per heavy atom.